The number of imidazole rings is 4. The van der Waals surface area contributed by atoms with E-state index in [1.807, 2.05) is 83.0 Å². The zero-order chi connectivity index (χ0) is 82.8. The van der Waals surface area contributed by atoms with Crippen LogP contribution in [0.5, 0.6) is 0 Å². The summed E-state index contributed by atoms with van der Waals surface area (Å²) < 4.78 is 187. The van der Waals surface area contributed by atoms with Crippen LogP contribution in [0.3, 0.4) is 0 Å². The maximum Gasteiger partial charge on any atom is 0.416 e. The van der Waals surface area contributed by atoms with Crippen molar-refractivity contribution in [2.75, 3.05) is 40.3 Å². The number of sulfone groups is 3. The normalized spacial score (nSPS) is 14.1. The number of halogens is 6. The number of rotatable bonds is 24. The highest BCUT2D eigenvalue weighted by atomic mass is 32.2. The van der Waals surface area contributed by atoms with Gasteiger partial charge in [-0.15, -0.1) is 0 Å². The second-order valence-corrected chi connectivity index (χ2v) is 36.8. The van der Waals surface area contributed by atoms with Gasteiger partial charge < -0.3 is 34.2 Å². The Balaban J connectivity index is 0.000000151. The van der Waals surface area contributed by atoms with Crippen molar-refractivity contribution in [2.45, 2.75) is 142 Å². The maximum atomic E-state index is 13.0. The molecule has 12 aromatic rings. The van der Waals surface area contributed by atoms with Crippen LogP contribution in [0.15, 0.2) is 234 Å². The summed E-state index contributed by atoms with van der Waals surface area (Å²) in [5.74, 6) is 0.289. The molecule has 2 aliphatic rings. The van der Waals surface area contributed by atoms with Crippen LogP contribution in [-0.4, -0.2) is 106 Å². The van der Waals surface area contributed by atoms with Crippen LogP contribution in [-0.2, 0) is 78.8 Å². The van der Waals surface area contributed by atoms with Crippen LogP contribution in [0.4, 0.5) is 55.0 Å². The molecule has 2 atom stereocenters. The van der Waals surface area contributed by atoms with E-state index in [0.29, 0.717) is 50.7 Å². The highest BCUT2D eigenvalue weighted by molar-refractivity contribution is 7.92. The Bertz CT molecular complexity index is 5710. The van der Waals surface area contributed by atoms with Crippen molar-refractivity contribution in [3.63, 3.8) is 0 Å². The summed E-state index contributed by atoms with van der Waals surface area (Å²) in [6.07, 6.45) is 14.5. The lowest BCUT2D eigenvalue weighted by atomic mass is 9.87. The van der Waals surface area contributed by atoms with Gasteiger partial charge in [0.2, 0.25) is 10.0 Å². The first-order chi connectivity index (χ1) is 54.6. The summed E-state index contributed by atoms with van der Waals surface area (Å²) in [5.41, 5.74) is 10.3. The minimum Gasteiger partial charge on any atom is -0.378 e. The number of benzene rings is 6. The number of hydrogen-bond donors (Lipinski definition) is 4. The Morgan fingerprint density at radius 3 is 1.43 bits per heavy atom. The van der Waals surface area contributed by atoms with E-state index in [1.165, 1.54) is 60.1 Å². The fourth-order valence-electron chi connectivity index (χ4n) is 13.0. The standard InChI is InChI=1S/C22H25N3O2S.C21H25N3O2S.C20H19F3N4O2S.C20H21F3N4O2S/c1-3-28(26,27)17-11-12-21(19(13-17)22-14-25(2)15-23-22)24-20-10-6-8-16-7-4-5-9-18(16)20;1-4-16(17-8-6-5-7-9-17)12-18-10-11-19(27(25,26)22-2)13-20(18)21-14-24(3)15-23-21;1-2-30(28,29)15-5-6-17(26-19-9-13(7-8-24-19)20(21,22)23)16(10-15)18-11-27(12-25-18)14-3-4-14;1-4-30(28,29)15-5-6-17(16(10-15)18-11-27(12-25-18)13(2)3)26-19-9-14(7-8-24-19)20(21,22)23/h4-5,7,9,11-15,20,24H,3,6,8,10H2,1-2H3;5-11,13-16,22H,4,12H2,1-3H3;5-12,14H,2-4H2,1H3,(H,24,26);5-13H,4H2,1-3H3,(H,24,26)/t20-;16-;;/m01../s1. The van der Waals surface area contributed by atoms with Gasteiger partial charge in [0.15, 0.2) is 29.5 Å². The first kappa shape index (κ1) is 85.1. The van der Waals surface area contributed by atoms with Gasteiger partial charge in [-0.05, 0) is 185 Å². The fraction of sp³-hybridized carbons (Fsp3) is 0.301. The SMILES string of the molecule is CCS(=O)(=O)c1ccc(N[C@H]2CCCc3ccccc32)c(-c2cn(C)cn2)c1.CCS(=O)(=O)c1ccc(Nc2cc(C(F)(F)F)ccn2)c(-c2cn(C(C)C)cn2)c1.CCS(=O)(=O)c1ccc(Nc2cc(C(F)(F)F)ccn2)c(-c2cn(C3CC3)cn2)c1.CC[C@H](Cc1ccc(S(=O)(=O)NC)cc1-c1cn(C)cn1)c1ccccc1. The Kier molecular flexibility index (Phi) is 26.6. The molecule has 0 aliphatic heterocycles. The average Bonchev–Trinajstić information content (AvgIpc) is 1.70. The van der Waals surface area contributed by atoms with Gasteiger partial charge in [-0.2, -0.15) is 26.3 Å². The highest BCUT2D eigenvalue weighted by Crippen LogP contribution is 2.42. The smallest absolute Gasteiger partial charge is 0.378 e. The molecule has 115 heavy (non-hydrogen) atoms. The topological polar surface area (TPSA) is 282 Å². The van der Waals surface area contributed by atoms with Gasteiger partial charge in [0.1, 0.15) is 11.6 Å². The maximum absolute atomic E-state index is 13.0. The third-order valence-corrected chi connectivity index (χ3v) is 26.4. The third-order valence-electron chi connectivity index (χ3n) is 19.8. The van der Waals surface area contributed by atoms with Gasteiger partial charge in [0.25, 0.3) is 0 Å². The summed E-state index contributed by atoms with van der Waals surface area (Å²) in [6.45, 7) is 10.9. The minimum atomic E-state index is -4.50. The minimum absolute atomic E-state index is 0.00111. The number of anilines is 5. The number of aryl methyl sites for hydroxylation is 3. The monoisotopic (exact) mass is 1650 g/mol. The summed E-state index contributed by atoms with van der Waals surface area (Å²) in [4.78, 5) is 26.4. The van der Waals surface area contributed by atoms with E-state index in [2.05, 4.69) is 106 Å². The lowest BCUT2D eigenvalue weighted by molar-refractivity contribution is -0.138. The molecule has 2 aliphatic carbocycles. The van der Waals surface area contributed by atoms with Crippen LogP contribution in [0, 0.1) is 0 Å². The van der Waals surface area contributed by atoms with Crippen molar-refractivity contribution in [3.8, 4) is 45.0 Å². The molecule has 0 spiro atoms. The molecule has 0 amide bonds. The number of nitrogens with zero attached hydrogens (tertiary/aromatic N) is 10. The van der Waals surface area contributed by atoms with Crippen molar-refractivity contribution in [1.29, 1.82) is 0 Å². The summed E-state index contributed by atoms with van der Waals surface area (Å²) >= 11 is 0. The van der Waals surface area contributed by atoms with Gasteiger partial charge >= 0.3 is 12.4 Å². The lowest BCUT2D eigenvalue weighted by Crippen LogP contribution is -2.18. The molecular weight excluding hydrogens is 1560 g/mol. The van der Waals surface area contributed by atoms with Crippen LogP contribution in [0.25, 0.3) is 45.0 Å². The molecule has 0 bridgehead atoms. The van der Waals surface area contributed by atoms with Gasteiger partial charge in [-0.3, -0.25) is 0 Å². The van der Waals surface area contributed by atoms with E-state index in [1.54, 1.807) is 76.5 Å². The molecule has 32 heteroatoms. The van der Waals surface area contributed by atoms with Crippen molar-refractivity contribution >= 4 is 68.2 Å². The Morgan fingerprint density at radius 1 is 0.487 bits per heavy atom. The second-order valence-electron chi connectivity index (χ2n) is 28.1. The molecule has 0 unspecified atom stereocenters. The highest BCUT2D eigenvalue weighted by Gasteiger charge is 2.33. The zero-order valence-corrected chi connectivity index (χ0v) is 68.0. The fourth-order valence-corrected chi connectivity index (χ4v) is 16.5. The van der Waals surface area contributed by atoms with Crippen LogP contribution in [0.1, 0.15) is 131 Å². The van der Waals surface area contributed by atoms with Gasteiger partial charge in [-0.1, -0.05) is 88.4 Å². The number of aromatic nitrogens is 10. The van der Waals surface area contributed by atoms with Crippen molar-refractivity contribution in [3.05, 3.63) is 248 Å². The zero-order valence-electron chi connectivity index (χ0n) is 64.7. The van der Waals surface area contributed by atoms with Gasteiger partial charge in [0, 0.05) is 103 Å². The van der Waals surface area contributed by atoms with Crippen molar-refractivity contribution in [2.24, 2.45) is 14.1 Å². The van der Waals surface area contributed by atoms with Gasteiger partial charge in [0.05, 0.1) is 102 Å². The van der Waals surface area contributed by atoms with Crippen molar-refractivity contribution in [1.82, 2.24) is 52.9 Å². The van der Waals surface area contributed by atoms with E-state index < -0.39 is 63.0 Å². The molecular formula is C83H90F6N14O8S4. The molecule has 6 heterocycles. The predicted octanol–water partition coefficient (Wildman–Crippen LogP) is 18.0. The van der Waals surface area contributed by atoms with E-state index in [4.69, 9.17) is 0 Å². The number of alkyl halides is 6. The summed E-state index contributed by atoms with van der Waals surface area (Å²) in [6, 6.07) is 42.8. The van der Waals surface area contributed by atoms with Crippen LogP contribution < -0.4 is 20.7 Å². The number of pyridine rings is 2. The van der Waals surface area contributed by atoms with Crippen LogP contribution in [0.2, 0.25) is 0 Å². The largest absolute Gasteiger partial charge is 0.416 e. The number of hydrogen-bond acceptors (Lipinski definition) is 17. The Hall–Kier alpha value is -10.8. The van der Waals surface area contributed by atoms with E-state index in [9.17, 15) is 60.0 Å². The average molecular weight is 1650 g/mol. The molecule has 606 valence electrons. The van der Waals surface area contributed by atoms with E-state index >= 15 is 0 Å². The van der Waals surface area contributed by atoms with Gasteiger partial charge in [-0.25, -0.2) is 68.3 Å². The molecule has 22 nitrogen and oxygen atoms in total. The molecule has 14 rings (SSSR count). The molecule has 1 fully saturated rings. The van der Waals surface area contributed by atoms with Crippen molar-refractivity contribution < 1.29 is 60.0 Å². The second kappa shape index (κ2) is 35.9. The lowest BCUT2D eigenvalue weighted by Gasteiger charge is -2.28. The number of sulfonamides is 1. The van der Waals surface area contributed by atoms with E-state index in [0.717, 1.165) is 115 Å². The quantitative estimate of drug-likeness (QED) is 0.0409. The molecule has 6 aromatic heterocycles. The van der Waals surface area contributed by atoms with Crippen LogP contribution >= 0.6 is 0 Å². The Labute approximate surface area is 666 Å². The third kappa shape index (κ3) is 21.2. The summed E-state index contributed by atoms with van der Waals surface area (Å²) in [5, 5.41) is 9.41. The number of nitrogens with one attached hydrogen (secondary N) is 4. The molecule has 0 radical (unpaired) electrons. The Morgan fingerprint density at radius 2 is 0.948 bits per heavy atom. The molecule has 0 saturated heterocycles. The molecule has 4 N–H and O–H groups in total. The molecule has 1 saturated carbocycles. The summed E-state index contributed by atoms with van der Waals surface area (Å²) in [7, 11) is -8.50. The first-order valence-corrected chi connectivity index (χ1v) is 43.8. The number of fused-ring (bicyclic) bond motifs is 1. The predicted molar refractivity (Wildman–Crippen MR) is 435 cm³/mol. The molecule has 6 aromatic carbocycles. The first-order valence-electron chi connectivity index (χ1n) is 37.3. The van der Waals surface area contributed by atoms with E-state index in [-0.39, 0.29) is 55.7 Å².